The summed E-state index contributed by atoms with van der Waals surface area (Å²) in [5.74, 6) is 0.160. The van der Waals surface area contributed by atoms with Crippen molar-refractivity contribution < 1.29 is 9.59 Å². The quantitative estimate of drug-likeness (QED) is 0.0772. The Balaban J connectivity index is 1.39. The van der Waals surface area contributed by atoms with E-state index in [1.165, 1.54) is 22.7 Å². The first kappa shape index (κ1) is 34.9. The van der Waals surface area contributed by atoms with Gasteiger partial charge in [-0.3, -0.25) is 30.2 Å². The van der Waals surface area contributed by atoms with Gasteiger partial charge in [-0.25, -0.2) is 9.97 Å². The van der Waals surface area contributed by atoms with Gasteiger partial charge in [-0.05, 0) is 52.4 Å². The van der Waals surface area contributed by atoms with Gasteiger partial charge >= 0.3 is 0 Å². The van der Waals surface area contributed by atoms with E-state index in [0.717, 1.165) is 98.2 Å². The Hall–Kier alpha value is -3.26. The number of hydrogen-bond acceptors (Lipinski definition) is 10. The number of anilines is 2. The third-order valence-corrected chi connectivity index (χ3v) is 8.69. The molecule has 2 aromatic heterocycles. The number of aromatic nitrogens is 2. The maximum absolute atomic E-state index is 12.1. The monoisotopic (exact) mass is 620 g/mol. The molecule has 0 aliphatic rings. The van der Waals surface area contributed by atoms with Crippen molar-refractivity contribution in [1.29, 1.82) is 0 Å². The van der Waals surface area contributed by atoms with Crippen LogP contribution in [0, 0.1) is 13.8 Å². The number of aliphatic imine (C=N–C) groups is 2. The minimum Gasteiger partial charge on any atom is -0.375 e. The first-order chi connectivity index (χ1) is 20.1. The van der Waals surface area contributed by atoms with E-state index in [4.69, 9.17) is 22.9 Å². The second-order valence-electron chi connectivity index (χ2n) is 10.3. The lowest BCUT2D eigenvalue weighted by atomic mass is 10.1. The van der Waals surface area contributed by atoms with Crippen LogP contribution in [0.25, 0.3) is 0 Å². The van der Waals surface area contributed by atoms with Crippen LogP contribution >= 0.6 is 22.7 Å². The highest BCUT2D eigenvalue weighted by atomic mass is 32.1. The molecule has 0 fully saturated rings. The van der Waals surface area contributed by atoms with Crippen molar-refractivity contribution in [3.63, 3.8) is 0 Å². The first-order valence-electron chi connectivity index (χ1n) is 14.8. The molecule has 14 heteroatoms. The fraction of sp³-hybridized carbons (Fsp3) is 0.643. The largest absolute Gasteiger partial charge is 0.375 e. The molecule has 42 heavy (non-hydrogen) atoms. The lowest BCUT2D eigenvalue weighted by molar-refractivity contribution is -0.120. The van der Waals surface area contributed by atoms with Crippen molar-refractivity contribution in [2.75, 3.05) is 24.6 Å². The zero-order chi connectivity index (χ0) is 30.7. The van der Waals surface area contributed by atoms with Crippen molar-refractivity contribution in [3.05, 3.63) is 21.1 Å². The summed E-state index contributed by atoms with van der Waals surface area (Å²) in [6, 6.07) is 0. The Morgan fingerprint density at radius 3 is 1.33 bits per heavy atom. The molecule has 2 aromatic rings. The Kier molecular flexibility index (Phi) is 16.5. The molecule has 0 saturated heterocycles. The highest BCUT2D eigenvalue weighted by Crippen LogP contribution is 2.21. The van der Waals surface area contributed by atoms with Crippen LogP contribution in [0.2, 0.25) is 0 Å². The van der Waals surface area contributed by atoms with E-state index in [1.54, 1.807) is 0 Å². The SMILES string of the molecule is Cc1nc(N)sc1CCCN=C(N)NC(=O)CCCCCCCCCCC(=O)NC(N)=NCCCc1sc(N)nc1C. The highest BCUT2D eigenvalue weighted by molar-refractivity contribution is 7.15. The molecule has 0 bridgehead atoms. The van der Waals surface area contributed by atoms with Gasteiger partial charge in [0.25, 0.3) is 0 Å². The lowest BCUT2D eigenvalue weighted by Gasteiger charge is -2.06. The Morgan fingerprint density at radius 2 is 1.00 bits per heavy atom. The molecule has 10 N–H and O–H groups in total. The van der Waals surface area contributed by atoms with E-state index < -0.39 is 0 Å². The number of nitrogen functional groups attached to an aromatic ring is 2. The number of guanidine groups is 2. The molecule has 0 aliphatic heterocycles. The van der Waals surface area contributed by atoms with Crippen LogP contribution in [0.15, 0.2) is 9.98 Å². The molecule has 0 aromatic carbocycles. The standard InChI is InChI=1S/C28H48N10O2S2/c1-19-21(41-27(31)35-19)13-11-17-33-25(29)37-23(39)15-9-7-5-3-4-6-8-10-16-24(40)38-26(30)34-18-12-14-22-20(2)36-28(32)42-22/h3-18H2,1-2H3,(H2,31,35)(H2,32,36)(H3,29,33,37,39)(H3,30,34,38,40). The molecule has 0 radical (unpaired) electrons. The van der Waals surface area contributed by atoms with Crippen molar-refractivity contribution >= 4 is 56.7 Å². The Bertz CT molecular complexity index is 1090. The molecule has 12 nitrogen and oxygen atoms in total. The molecular formula is C28H48N10O2S2. The zero-order valence-corrected chi connectivity index (χ0v) is 26.7. The second kappa shape index (κ2) is 19.8. The van der Waals surface area contributed by atoms with E-state index >= 15 is 0 Å². The number of thiazole rings is 2. The van der Waals surface area contributed by atoms with Crippen molar-refractivity contribution in [2.45, 2.75) is 104 Å². The number of nitrogens with zero attached hydrogens (tertiary/aromatic N) is 4. The number of amides is 2. The van der Waals surface area contributed by atoms with Gasteiger partial charge in [0, 0.05) is 35.7 Å². The number of nitrogens with one attached hydrogen (secondary N) is 2. The summed E-state index contributed by atoms with van der Waals surface area (Å²) in [7, 11) is 0. The van der Waals surface area contributed by atoms with Crippen LogP contribution in [-0.4, -0.2) is 46.8 Å². The summed E-state index contributed by atoms with van der Waals surface area (Å²) in [5.41, 5.74) is 25.0. The normalized spacial score (nSPS) is 12.0. The minimum atomic E-state index is -0.0945. The predicted octanol–water partition coefficient (Wildman–Crippen LogP) is 3.71. The summed E-state index contributed by atoms with van der Waals surface area (Å²) >= 11 is 3.00. The maximum Gasteiger partial charge on any atom is 0.226 e. The second-order valence-corrected chi connectivity index (χ2v) is 12.5. The first-order valence-corrected chi connectivity index (χ1v) is 16.4. The van der Waals surface area contributed by atoms with Crippen LogP contribution in [0.4, 0.5) is 10.3 Å². The highest BCUT2D eigenvalue weighted by Gasteiger charge is 2.07. The number of hydrogen-bond donors (Lipinski definition) is 6. The van der Waals surface area contributed by atoms with E-state index in [9.17, 15) is 9.59 Å². The van der Waals surface area contributed by atoms with Gasteiger partial charge in [-0.2, -0.15) is 0 Å². The fourth-order valence-corrected chi connectivity index (χ4v) is 6.11. The Morgan fingerprint density at radius 1 is 0.643 bits per heavy atom. The fourth-order valence-electron chi connectivity index (χ4n) is 4.36. The van der Waals surface area contributed by atoms with E-state index in [0.29, 0.717) is 36.2 Å². The molecule has 0 atom stereocenters. The molecule has 2 heterocycles. The number of nitrogens with two attached hydrogens (primary N) is 4. The molecule has 2 amide bonds. The predicted molar refractivity (Wildman–Crippen MR) is 175 cm³/mol. The van der Waals surface area contributed by atoms with Gasteiger partial charge in [-0.1, -0.05) is 38.5 Å². The van der Waals surface area contributed by atoms with Gasteiger partial charge in [-0.15, -0.1) is 22.7 Å². The zero-order valence-electron chi connectivity index (χ0n) is 25.0. The Labute approximate surface area is 257 Å². The maximum atomic E-state index is 12.1. The number of rotatable bonds is 19. The molecular weight excluding hydrogens is 573 g/mol. The van der Waals surface area contributed by atoms with Gasteiger partial charge in [0.2, 0.25) is 11.8 Å². The van der Waals surface area contributed by atoms with E-state index in [2.05, 4.69) is 30.6 Å². The lowest BCUT2D eigenvalue weighted by Crippen LogP contribution is -2.36. The summed E-state index contributed by atoms with van der Waals surface area (Å²) in [5, 5.41) is 6.50. The molecule has 0 spiro atoms. The van der Waals surface area contributed by atoms with E-state index in [1.807, 2.05) is 13.8 Å². The van der Waals surface area contributed by atoms with Gasteiger partial charge in [0.05, 0.1) is 11.4 Å². The minimum absolute atomic E-state index is 0.0945. The average molecular weight is 621 g/mol. The number of carbonyl (C=O) groups is 2. The number of aryl methyl sites for hydroxylation is 4. The van der Waals surface area contributed by atoms with Crippen LogP contribution < -0.4 is 33.6 Å². The van der Waals surface area contributed by atoms with Crippen LogP contribution in [0.5, 0.6) is 0 Å². The van der Waals surface area contributed by atoms with Crippen LogP contribution in [-0.2, 0) is 22.4 Å². The topological polar surface area (TPSA) is 213 Å². The van der Waals surface area contributed by atoms with Gasteiger partial charge in [0.15, 0.2) is 22.2 Å². The summed E-state index contributed by atoms with van der Waals surface area (Å²) in [4.78, 5) is 43.4. The number of carbonyl (C=O) groups excluding carboxylic acids is 2. The smallest absolute Gasteiger partial charge is 0.226 e. The molecule has 0 saturated carbocycles. The molecule has 0 unspecified atom stereocenters. The van der Waals surface area contributed by atoms with Crippen molar-refractivity contribution in [2.24, 2.45) is 21.5 Å². The van der Waals surface area contributed by atoms with Crippen molar-refractivity contribution in [3.8, 4) is 0 Å². The van der Waals surface area contributed by atoms with Crippen LogP contribution in [0.3, 0.4) is 0 Å². The van der Waals surface area contributed by atoms with E-state index in [-0.39, 0.29) is 23.7 Å². The van der Waals surface area contributed by atoms with Gasteiger partial charge < -0.3 is 22.9 Å². The van der Waals surface area contributed by atoms with Crippen LogP contribution in [0.1, 0.15) is 98.2 Å². The van der Waals surface area contributed by atoms with Crippen molar-refractivity contribution in [1.82, 2.24) is 20.6 Å². The molecule has 2 rings (SSSR count). The summed E-state index contributed by atoms with van der Waals surface area (Å²) in [6.45, 7) is 4.99. The number of unbranched alkanes of at least 4 members (excludes halogenated alkanes) is 7. The van der Waals surface area contributed by atoms with Gasteiger partial charge in [0.1, 0.15) is 0 Å². The molecule has 0 aliphatic carbocycles. The third kappa shape index (κ3) is 15.1. The average Bonchev–Trinajstić information content (AvgIpc) is 3.42. The summed E-state index contributed by atoms with van der Waals surface area (Å²) < 4.78 is 0. The molecule has 234 valence electrons. The third-order valence-electron chi connectivity index (χ3n) is 6.60. The summed E-state index contributed by atoms with van der Waals surface area (Å²) in [6.07, 6.45) is 12.3.